The van der Waals surface area contributed by atoms with Gasteiger partial charge in [-0.3, -0.25) is 8.74 Å². The predicted molar refractivity (Wildman–Crippen MR) is 105 cm³/mol. The number of aromatic nitrogens is 2. The zero-order chi connectivity index (χ0) is 22.1. The van der Waals surface area contributed by atoms with E-state index in [4.69, 9.17) is 9.15 Å². The van der Waals surface area contributed by atoms with Crippen LogP contribution in [0.2, 0.25) is 0 Å². The SMILES string of the molecule is COS(=O)(=O)c1cc(C)ccc1Oc1ccc(-c2nnc(C)o2)cc1CS(=O)(=O)O. The number of hydrogen-bond acceptors (Lipinski definition) is 9. The Labute approximate surface area is 173 Å². The first-order chi connectivity index (χ1) is 14.0. The lowest BCUT2D eigenvalue weighted by Crippen LogP contribution is -2.07. The van der Waals surface area contributed by atoms with Crippen molar-refractivity contribution in [3.05, 3.63) is 53.4 Å². The molecule has 0 bridgehead atoms. The molecule has 0 aliphatic heterocycles. The fourth-order valence-corrected chi connectivity index (χ4v) is 4.12. The van der Waals surface area contributed by atoms with Crippen molar-refractivity contribution in [2.75, 3.05) is 7.11 Å². The summed E-state index contributed by atoms with van der Waals surface area (Å²) >= 11 is 0. The monoisotopic (exact) mass is 454 g/mol. The summed E-state index contributed by atoms with van der Waals surface area (Å²) in [5.74, 6) is -0.365. The lowest BCUT2D eigenvalue weighted by Gasteiger charge is -2.14. The molecule has 3 rings (SSSR count). The quantitative estimate of drug-likeness (QED) is 0.417. The zero-order valence-corrected chi connectivity index (χ0v) is 17.8. The van der Waals surface area contributed by atoms with E-state index >= 15 is 0 Å². The number of nitrogens with zero attached hydrogens (tertiary/aromatic N) is 2. The number of hydrogen-bond donors (Lipinski definition) is 1. The molecule has 0 radical (unpaired) electrons. The Hall–Kier alpha value is -2.80. The molecule has 10 nitrogen and oxygen atoms in total. The first-order valence-corrected chi connectivity index (χ1v) is 11.5. The minimum atomic E-state index is -4.43. The number of ether oxygens (including phenoxy) is 1. The van der Waals surface area contributed by atoms with E-state index in [2.05, 4.69) is 14.4 Å². The smallest absolute Gasteiger partial charge is 0.300 e. The molecule has 0 aliphatic rings. The summed E-state index contributed by atoms with van der Waals surface area (Å²) < 4.78 is 72.5. The summed E-state index contributed by atoms with van der Waals surface area (Å²) in [6.07, 6.45) is 0. The third-order valence-electron chi connectivity index (χ3n) is 3.98. The highest BCUT2D eigenvalue weighted by Crippen LogP contribution is 2.35. The van der Waals surface area contributed by atoms with Crippen LogP contribution in [-0.2, 0) is 30.2 Å². The lowest BCUT2D eigenvalue weighted by molar-refractivity contribution is 0.390. The van der Waals surface area contributed by atoms with Gasteiger partial charge in [-0.15, -0.1) is 10.2 Å². The average molecular weight is 454 g/mol. The Morgan fingerprint density at radius 3 is 2.30 bits per heavy atom. The molecule has 1 aromatic heterocycles. The van der Waals surface area contributed by atoms with Crippen molar-refractivity contribution < 1.29 is 34.7 Å². The largest absolute Gasteiger partial charge is 0.456 e. The highest BCUT2D eigenvalue weighted by Gasteiger charge is 2.22. The number of aryl methyl sites for hydroxylation is 2. The van der Waals surface area contributed by atoms with Crippen LogP contribution in [0.5, 0.6) is 11.5 Å². The van der Waals surface area contributed by atoms with Gasteiger partial charge in [0.05, 0.1) is 7.11 Å². The molecule has 0 fully saturated rings. The molecule has 30 heavy (non-hydrogen) atoms. The van der Waals surface area contributed by atoms with E-state index in [-0.39, 0.29) is 27.8 Å². The lowest BCUT2D eigenvalue weighted by atomic mass is 10.1. The summed E-state index contributed by atoms with van der Waals surface area (Å²) in [5, 5.41) is 7.59. The highest BCUT2D eigenvalue weighted by molar-refractivity contribution is 7.86. The number of rotatable bonds is 7. The Morgan fingerprint density at radius 2 is 1.70 bits per heavy atom. The summed E-state index contributed by atoms with van der Waals surface area (Å²) in [6, 6.07) is 8.77. The van der Waals surface area contributed by atoms with Gasteiger partial charge in [0, 0.05) is 18.1 Å². The van der Waals surface area contributed by atoms with Crippen LogP contribution >= 0.6 is 0 Å². The van der Waals surface area contributed by atoms with Crippen LogP contribution in [0, 0.1) is 13.8 Å². The normalized spacial score (nSPS) is 12.1. The van der Waals surface area contributed by atoms with Crippen LogP contribution in [0.25, 0.3) is 11.5 Å². The van der Waals surface area contributed by atoms with Crippen molar-refractivity contribution in [2.45, 2.75) is 24.5 Å². The van der Waals surface area contributed by atoms with Crippen molar-refractivity contribution >= 4 is 20.2 Å². The molecule has 1 heterocycles. The van der Waals surface area contributed by atoms with Crippen LogP contribution in [0.4, 0.5) is 0 Å². The molecule has 0 saturated carbocycles. The van der Waals surface area contributed by atoms with Crippen molar-refractivity contribution in [3.8, 4) is 23.0 Å². The predicted octanol–water partition coefficient (Wildman–Crippen LogP) is 2.87. The molecule has 12 heteroatoms. The van der Waals surface area contributed by atoms with Gasteiger partial charge in [-0.05, 0) is 42.8 Å². The minimum absolute atomic E-state index is 0.0176. The molecule has 160 valence electrons. The minimum Gasteiger partial charge on any atom is -0.456 e. The van der Waals surface area contributed by atoms with Gasteiger partial charge in [0.1, 0.15) is 22.1 Å². The molecule has 2 aromatic carbocycles. The van der Waals surface area contributed by atoms with Gasteiger partial charge in [0.2, 0.25) is 11.8 Å². The summed E-state index contributed by atoms with van der Waals surface area (Å²) in [4.78, 5) is -0.223. The van der Waals surface area contributed by atoms with Gasteiger partial charge in [-0.1, -0.05) is 6.07 Å². The first kappa shape index (κ1) is 21.9. The average Bonchev–Trinajstić information content (AvgIpc) is 3.09. The van der Waals surface area contributed by atoms with E-state index in [9.17, 15) is 21.4 Å². The van der Waals surface area contributed by atoms with Crippen molar-refractivity contribution in [3.63, 3.8) is 0 Å². The Kier molecular flexibility index (Phi) is 5.94. The Bertz CT molecular complexity index is 1300. The number of benzene rings is 2. The maximum absolute atomic E-state index is 12.3. The van der Waals surface area contributed by atoms with Crippen LogP contribution in [0.3, 0.4) is 0 Å². The molecular formula is C18H18N2O8S2. The van der Waals surface area contributed by atoms with E-state index in [1.54, 1.807) is 19.9 Å². The van der Waals surface area contributed by atoms with Crippen LogP contribution in [0.15, 0.2) is 45.7 Å². The highest BCUT2D eigenvalue weighted by atomic mass is 32.2. The van der Waals surface area contributed by atoms with Gasteiger partial charge in [-0.25, -0.2) is 0 Å². The van der Waals surface area contributed by atoms with Gasteiger partial charge in [-0.2, -0.15) is 16.8 Å². The summed E-state index contributed by atoms with van der Waals surface area (Å²) in [6.45, 7) is 3.30. The van der Waals surface area contributed by atoms with E-state index in [0.29, 0.717) is 17.0 Å². The third-order valence-corrected chi connectivity index (χ3v) is 5.95. The molecule has 1 N–H and O–H groups in total. The second-order valence-corrected chi connectivity index (χ2v) is 9.48. The van der Waals surface area contributed by atoms with Gasteiger partial charge in [0.25, 0.3) is 20.2 Å². The van der Waals surface area contributed by atoms with E-state index in [1.165, 1.54) is 30.3 Å². The Morgan fingerprint density at radius 1 is 1.00 bits per heavy atom. The topological polar surface area (TPSA) is 146 Å². The van der Waals surface area contributed by atoms with Crippen LogP contribution in [0.1, 0.15) is 17.0 Å². The van der Waals surface area contributed by atoms with Gasteiger partial charge < -0.3 is 9.15 Å². The second kappa shape index (κ2) is 8.14. The summed E-state index contributed by atoms with van der Waals surface area (Å²) in [5.41, 5.74) is 1.11. The fraction of sp³-hybridized carbons (Fsp3) is 0.222. The molecule has 0 aliphatic carbocycles. The maximum atomic E-state index is 12.3. The maximum Gasteiger partial charge on any atom is 0.300 e. The van der Waals surface area contributed by atoms with E-state index < -0.39 is 26.0 Å². The van der Waals surface area contributed by atoms with Crippen molar-refractivity contribution in [1.82, 2.24) is 10.2 Å². The summed E-state index contributed by atoms with van der Waals surface area (Å²) in [7, 11) is -7.50. The first-order valence-electron chi connectivity index (χ1n) is 8.46. The molecule has 0 saturated heterocycles. The molecule has 0 atom stereocenters. The van der Waals surface area contributed by atoms with E-state index in [0.717, 1.165) is 7.11 Å². The standard InChI is InChI=1S/C18H18N2O8S2/c1-11-4-6-16(17(8-11)30(24,25)26-3)28-15-7-5-13(18-20-19-12(2)27-18)9-14(15)10-29(21,22)23/h4-9H,10H2,1-3H3,(H,21,22,23). The zero-order valence-electron chi connectivity index (χ0n) is 16.2. The molecule has 0 amide bonds. The van der Waals surface area contributed by atoms with Gasteiger partial charge in [0.15, 0.2) is 0 Å². The second-order valence-electron chi connectivity index (χ2n) is 6.35. The van der Waals surface area contributed by atoms with Crippen LogP contribution in [-0.4, -0.2) is 38.7 Å². The molecule has 0 spiro atoms. The third kappa shape index (κ3) is 5.02. The Balaban J connectivity index is 2.10. The van der Waals surface area contributed by atoms with Crippen molar-refractivity contribution in [1.29, 1.82) is 0 Å². The fourth-order valence-electron chi connectivity index (χ4n) is 2.64. The molecular weight excluding hydrogens is 436 g/mol. The molecule has 0 unspecified atom stereocenters. The van der Waals surface area contributed by atoms with Gasteiger partial charge >= 0.3 is 0 Å². The van der Waals surface area contributed by atoms with Crippen LogP contribution < -0.4 is 4.74 Å². The molecule has 3 aromatic rings. The van der Waals surface area contributed by atoms with E-state index in [1.807, 2.05) is 0 Å². The van der Waals surface area contributed by atoms with Crippen molar-refractivity contribution in [2.24, 2.45) is 0 Å².